The molecule has 0 unspecified atom stereocenters. The van der Waals surface area contributed by atoms with Crippen LogP contribution in [0.5, 0.6) is 0 Å². The molecule has 2 aromatic rings. The van der Waals surface area contributed by atoms with Gasteiger partial charge in [-0.25, -0.2) is 9.67 Å². The number of aromatic nitrogens is 3. The topological polar surface area (TPSA) is 97.6 Å². The predicted molar refractivity (Wildman–Crippen MR) is 71.2 cm³/mol. The monoisotopic (exact) mass is 267 g/mol. The number of pyridine rings is 1. The van der Waals surface area contributed by atoms with Crippen molar-refractivity contribution in [2.75, 3.05) is 0 Å². The molecule has 1 aliphatic rings. The maximum Gasteiger partial charge on any atom is 0.251 e. The molecule has 0 aliphatic heterocycles. The van der Waals surface area contributed by atoms with Gasteiger partial charge in [0.15, 0.2) is 5.82 Å². The third kappa shape index (κ3) is 2.03. The van der Waals surface area contributed by atoms with Crippen molar-refractivity contribution < 1.29 is 4.79 Å². The van der Waals surface area contributed by atoms with E-state index in [4.69, 9.17) is 5.73 Å². The van der Waals surface area contributed by atoms with E-state index in [0.717, 1.165) is 36.9 Å². The summed E-state index contributed by atoms with van der Waals surface area (Å²) >= 11 is 0. The largest absolute Gasteiger partial charge is 0.366 e. The first-order valence-electron chi connectivity index (χ1n) is 6.47. The van der Waals surface area contributed by atoms with Crippen LogP contribution in [0.2, 0.25) is 0 Å². The lowest BCUT2D eigenvalue weighted by atomic mass is 9.95. The van der Waals surface area contributed by atoms with Gasteiger partial charge >= 0.3 is 0 Å². The smallest absolute Gasteiger partial charge is 0.251 e. The average molecular weight is 267 g/mol. The average Bonchev–Trinajstić information content (AvgIpc) is 2.95. The SMILES string of the molecule is N#Cc1cc2c(nc1-n1cc(C(N)=O)cn1)CCCC2. The molecule has 100 valence electrons. The van der Waals surface area contributed by atoms with E-state index in [-0.39, 0.29) is 0 Å². The molecule has 0 atom stereocenters. The van der Waals surface area contributed by atoms with Crippen LogP contribution in [-0.2, 0) is 12.8 Å². The highest BCUT2D eigenvalue weighted by Gasteiger charge is 2.17. The molecule has 0 radical (unpaired) electrons. The van der Waals surface area contributed by atoms with Gasteiger partial charge in [0.05, 0.1) is 17.3 Å². The van der Waals surface area contributed by atoms with Gasteiger partial charge in [0.1, 0.15) is 6.07 Å². The Bertz CT molecular complexity index is 726. The maximum absolute atomic E-state index is 11.1. The number of carbonyl (C=O) groups excluding carboxylic acids is 1. The molecule has 3 rings (SSSR count). The molecule has 2 N–H and O–H groups in total. The molecule has 2 aromatic heterocycles. The number of rotatable bonds is 2. The Labute approximate surface area is 115 Å². The van der Waals surface area contributed by atoms with E-state index in [1.54, 1.807) is 0 Å². The Morgan fingerprint density at radius 2 is 2.20 bits per heavy atom. The summed E-state index contributed by atoms with van der Waals surface area (Å²) in [5.74, 6) is -0.0895. The maximum atomic E-state index is 11.1. The summed E-state index contributed by atoms with van der Waals surface area (Å²) in [6.07, 6.45) is 7.00. The van der Waals surface area contributed by atoms with Crippen LogP contribution in [-0.4, -0.2) is 20.7 Å². The summed E-state index contributed by atoms with van der Waals surface area (Å²) in [6.45, 7) is 0. The second-order valence-electron chi connectivity index (χ2n) is 4.82. The van der Waals surface area contributed by atoms with E-state index in [1.807, 2.05) is 6.07 Å². The minimum Gasteiger partial charge on any atom is -0.366 e. The van der Waals surface area contributed by atoms with Crippen LogP contribution in [0.15, 0.2) is 18.5 Å². The summed E-state index contributed by atoms with van der Waals surface area (Å²) in [6, 6.07) is 4.02. The van der Waals surface area contributed by atoms with Crippen molar-refractivity contribution in [2.45, 2.75) is 25.7 Å². The lowest BCUT2D eigenvalue weighted by Crippen LogP contribution is -2.12. The van der Waals surface area contributed by atoms with E-state index in [2.05, 4.69) is 16.2 Å². The Morgan fingerprint density at radius 1 is 1.40 bits per heavy atom. The van der Waals surface area contributed by atoms with Crippen LogP contribution in [0.4, 0.5) is 0 Å². The summed E-state index contributed by atoms with van der Waals surface area (Å²) < 4.78 is 1.44. The number of hydrogen-bond donors (Lipinski definition) is 1. The molecule has 0 bridgehead atoms. The molecule has 20 heavy (non-hydrogen) atoms. The molecule has 6 nitrogen and oxygen atoms in total. The quantitative estimate of drug-likeness (QED) is 0.881. The molecule has 6 heteroatoms. The van der Waals surface area contributed by atoms with Crippen LogP contribution in [0.3, 0.4) is 0 Å². The molecule has 0 saturated heterocycles. The fourth-order valence-electron chi connectivity index (χ4n) is 2.45. The highest BCUT2D eigenvalue weighted by molar-refractivity contribution is 5.92. The number of nitriles is 1. The standard InChI is InChI=1S/C14H13N5O/c15-6-10-5-9-3-1-2-4-12(9)18-14(10)19-8-11(7-17-19)13(16)20/h5,7-8H,1-4H2,(H2,16,20). The van der Waals surface area contributed by atoms with Crippen molar-refractivity contribution in [3.63, 3.8) is 0 Å². The molecule has 0 saturated carbocycles. The van der Waals surface area contributed by atoms with Crippen LogP contribution < -0.4 is 5.73 Å². The van der Waals surface area contributed by atoms with Crippen LogP contribution in [0.1, 0.15) is 40.0 Å². The summed E-state index contributed by atoms with van der Waals surface area (Å²) in [4.78, 5) is 15.7. The summed E-state index contributed by atoms with van der Waals surface area (Å²) in [7, 11) is 0. The van der Waals surface area contributed by atoms with Crippen LogP contribution in [0.25, 0.3) is 5.82 Å². The molecule has 1 aliphatic carbocycles. The van der Waals surface area contributed by atoms with Crippen molar-refractivity contribution in [3.05, 3.63) is 40.8 Å². The first-order valence-corrected chi connectivity index (χ1v) is 6.47. The molecule has 0 spiro atoms. The van der Waals surface area contributed by atoms with Gasteiger partial charge in [0, 0.05) is 11.9 Å². The molecule has 2 heterocycles. The van der Waals surface area contributed by atoms with E-state index in [0.29, 0.717) is 16.9 Å². The van der Waals surface area contributed by atoms with Gasteiger partial charge in [-0.3, -0.25) is 4.79 Å². The van der Waals surface area contributed by atoms with Gasteiger partial charge < -0.3 is 5.73 Å². The third-order valence-corrected chi connectivity index (χ3v) is 3.49. The summed E-state index contributed by atoms with van der Waals surface area (Å²) in [5, 5.41) is 13.3. The van der Waals surface area contributed by atoms with Crippen LogP contribution in [0, 0.1) is 11.3 Å². The summed E-state index contributed by atoms with van der Waals surface area (Å²) in [5.41, 5.74) is 8.12. The van der Waals surface area contributed by atoms with Crippen LogP contribution >= 0.6 is 0 Å². The predicted octanol–water partition coefficient (Wildman–Crippen LogP) is 1.12. The number of aryl methyl sites for hydroxylation is 2. The van der Waals surface area contributed by atoms with Gasteiger partial charge in [-0.15, -0.1) is 0 Å². The zero-order valence-corrected chi connectivity index (χ0v) is 10.8. The van der Waals surface area contributed by atoms with Gasteiger partial charge in [0.25, 0.3) is 5.91 Å². The van der Waals surface area contributed by atoms with Crippen molar-refractivity contribution in [1.82, 2.24) is 14.8 Å². The fourth-order valence-corrected chi connectivity index (χ4v) is 2.45. The highest BCUT2D eigenvalue weighted by Crippen LogP contribution is 2.23. The molecule has 0 fully saturated rings. The Hall–Kier alpha value is -2.68. The number of nitrogens with zero attached hydrogens (tertiary/aromatic N) is 4. The first kappa shape index (κ1) is 12.4. The van der Waals surface area contributed by atoms with E-state index >= 15 is 0 Å². The number of fused-ring (bicyclic) bond motifs is 1. The van der Waals surface area contributed by atoms with Crippen molar-refractivity contribution in [1.29, 1.82) is 5.26 Å². The number of hydrogen-bond acceptors (Lipinski definition) is 4. The van der Waals surface area contributed by atoms with Gasteiger partial charge in [-0.2, -0.15) is 10.4 Å². The van der Waals surface area contributed by atoms with Gasteiger partial charge in [-0.05, 0) is 37.3 Å². The second kappa shape index (κ2) is 4.78. The lowest BCUT2D eigenvalue weighted by Gasteiger charge is -2.16. The minimum atomic E-state index is -0.548. The molecular formula is C14H13N5O. The normalized spacial score (nSPS) is 13.6. The van der Waals surface area contributed by atoms with E-state index < -0.39 is 5.91 Å². The zero-order chi connectivity index (χ0) is 14.1. The Balaban J connectivity index is 2.12. The minimum absolute atomic E-state index is 0.299. The fraction of sp³-hybridized carbons (Fsp3) is 0.286. The number of primary amides is 1. The second-order valence-corrected chi connectivity index (χ2v) is 4.82. The number of amides is 1. The number of nitrogens with two attached hydrogens (primary N) is 1. The van der Waals surface area contributed by atoms with Gasteiger partial charge in [-0.1, -0.05) is 0 Å². The first-order chi connectivity index (χ1) is 9.69. The lowest BCUT2D eigenvalue weighted by molar-refractivity contribution is 0.100. The van der Waals surface area contributed by atoms with E-state index in [1.165, 1.54) is 17.1 Å². The Morgan fingerprint density at radius 3 is 2.90 bits per heavy atom. The molecule has 1 amide bonds. The Kier molecular flexibility index (Phi) is 2.95. The molecule has 0 aromatic carbocycles. The van der Waals surface area contributed by atoms with Crippen molar-refractivity contribution in [3.8, 4) is 11.9 Å². The van der Waals surface area contributed by atoms with E-state index in [9.17, 15) is 10.1 Å². The highest BCUT2D eigenvalue weighted by atomic mass is 16.1. The zero-order valence-electron chi connectivity index (χ0n) is 10.8. The molecular weight excluding hydrogens is 254 g/mol. The number of carbonyl (C=O) groups is 1. The third-order valence-electron chi connectivity index (χ3n) is 3.49. The van der Waals surface area contributed by atoms with Crippen molar-refractivity contribution in [2.24, 2.45) is 5.73 Å². The van der Waals surface area contributed by atoms with Gasteiger partial charge in [0.2, 0.25) is 0 Å². The van der Waals surface area contributed by atoms with Crippen molar-refractivity contribution >= 4 is 5.91 Å².